The molecule has 0 aliphatic heterocycles. The number of likely N-dealkylation sites (N-methyl/N-ethyl adjacent to an activating group) is 1. The smallest absolute Gasteiger partial charge is 0.0384 e. The van der Waals surface area contributed by atoms with Crippen LogP contribution in [-0.2, 0) is 6.42 Å². The average molecular weight is 643 g/mol. The van der Waals surface area contributed by atoms with Crippen molar-refractivity contribution in [2.75, 3.05) is 18.9 Å². The zero-order chi connectivity index (χ0) is 32.7. The van der Waals surface area contributed by atoms with E-state index in [-0.39, 0.29) is 0 Å². The third kappa shape index (κ3) is 7.37. The van der Waals surface area contributed by atoms with Crippen LogP contribution in [0.5, 0.6) is 0 Å². The van der Waals surface area contributed by atoms with Crippen molar-refractivity contribution in [2.45, 2.75) is 32.6 Å². The molecule has 7 rings (SSSR count). The third-order valence-electron chi connectivity index (χ3n) is 9.31. The Kier molecular flexibility index (Phi) is 9.94. The third-order valence-corrected chi connectivity index (χ3v) is 11.8. The van der Waals surface area contributed by atoms with Crippen LogP contribution in [0.2, 0.25) is 0 Å². The van der Waals surface area contributed by atoms with Gasteiger partial charge in [0, 0.05) is 17.9 Å². The maximum Gasteiger partial charge on any atom is 0.0384 e. The van der Waals surface area contributed by atoms with Crippen LogP contribution in [0.3, 0.4) is 0 Å². The van der Waals surface area contributed by atoms with E-state index >= 15 is 0 Å². The van der Waals surface area contributed by atoms with Gasteiger partial charge in [-0.15, -0.1) is 0 Å². The van der Waals surface area contributed by atoms with Crippen LogP contribution in [-0.4, -0.2) is 13.6 Å². The number of nitrogens with one attached hydrogen (secondary N) is 2. The first-order chi connectivity index (χ1) is 23.6. The minimum Gasteiger partial charge on any atom is -0.356 e. The van der Waals surface area contributed by atoms with Gasteiger partial charge in [-0.25, -0.2) is 0 Å². The number of anilines is 2. The molecule has 2 aliphatic carbocycles. The van der Waals surface area contributed by atoms with E-state index in [1.54, 1.807) is 0 Å². The SMILES string of the molecule is CNC/C=C/c1ccc(P(c2ccc(-c3ccc(Nc4ccc(C5=CC=C(C)CC5)cc4)cc3)cc2)c2cccc3c2C=CCC3)cc1. The van der Waals surface area contributed by atoms with Crippen LogP contribution < -0.4 is 26.5 Å². The van der Waals surface area contributed by atoms with Gasteiger partial charge in [-0.3, -0.25) is 0 Å². The molecular weight excluding hydrogens is 599 g/mol. The Morgan fingerprint density at radius 2 is 1.31 bits per heavy atom. The summed E-state index contributed by atoms with van der Waals surface area (Å²) >= 11 is 0. The van der Waals surface area contributed by atoms with Gasteiger partial charge in [-0.2, -0.15) is 0 Å². The molecule has 238 valence electrons. The monoisotopic (exact) mass is 642 g/mol. The summed E-state index contributed by atoms with van der Waals surface area (Å²) in [5.41, 5.74) is 12.9. The van der Waals surface area contributed by atoms with Gasteiger partial charge >= 0.3 is 0 Å². The van der Waals surface area contributed by atoms with E-state index in [0.717, 1.165) is 43.6 Å². The molecule has 2 N–H and O–H groups in total. The second-order valence-corrected chi connectivity index (χ2v) is 14.9. The molecular formula is C45H43N2P. The van der Waals surface area contributed by atoms with Crippen molar-refractivity contribution in [3.63, 3.8) is 0 Å². The molecule has 0 spiro atoms. The van der Waals surface area contributed by atoms with Crippen molar-refractivity contribution < 1.29 is 0 Å². The van der Waals surface area contributed by atoms with Crippen molar-refractivity contribution in [3.8, 4) is 11.1 Å². The topological polar surface area (TPSA) is 24.1 Å². The summed E-state index contributed by atoms with van der Waals surface area (Å²) in [6.45, 7) is 3.08. The number of rotatable bonds is 10. The van der Waals surface area contributed by atoms with E-state index in [1.807, 2.05) is 7.05 Å². The first-order valence-electron chi connectivity index (χ1n) is 17.1. The fourth-order valence-corrected chi connectivity index (χ4v) is 9.03. The van der Waals surface area contributed by atoms with Crippen LogP contribution in [0.15, 0.2) is 145 Å². The number of hydrogen-bond acceptors (Lipinski definition) is 2. The summed E-state index contributed by atoms with van der Waals surface area (Å²) in [5.74, 6) is 0. The highest BCUT2D eigenvalue weighted by Gasteiger charge is 2.21. The van der Waals surface area contributed by atoms with Gasteiger partial charge in [0.15, 0.2) is 0 Å². The minimum absolute atomic E-state index is 0.717. The van der Waals surface area contributed by atoms with Crippen molar-refractivity contribution in [3.05, 3.63) is 167 Å². The van der Waals surface area contributed by atoms with E-state index in [9.17, 15) is 0 Å². The second-order valence-electron chi connectivity index (χ2n) is 12.7. The highest BCUT2D eigenvalue weighted by molar-refractivity contribution is 7.80. The van der Waals surface area contributed by atoms with Gasteiger partial charge in [0.2, 0.25) is 0 Å². The maximum atomic E-state index is 3.58. The van der Waals surface area contributed by atoms with Gasteiger partial charge in [-0.05, 0) is 127 Å². The summed E-state index contributed by atoms with van der Waals surface area (Å²) in [4.78, 5) is 0. The summed E-state index contributed by atoms with van der Waals surface area (Å²) in [6, 6.07) is 43.0. The summed E-state index contributed by atoms with van der Waals surface area (Å²) in [5, 5.41) is 11.0. The number of allylic oxidation sites excluding steroid dienone is 5. The van der Waals surface area contributed by atoms with Crippen LogP contribution in [0, 0.1) is 0 Å². The Morgan fingerprint density at radius 1 is 0.667 bits per heavy atom. The average Bonchev–Trinajstić information content (AvgIpc) is 3.14. The van der Waals surface area contributed by atoms with E-state index in [1.165, 1.54) is 60.4 Å². The number of aryl methyl sites for hydroxylation is 1. The highest BCUT2D eigenvalue weighted by atomic mass is 31.1. The Morgan fingerprint density at radius 3 is 1.96 bits per heavy atom. The molecule has 0 amide bonds. The first kappa shape index (κ1) is 31.8. The zero-order valence-corrected chi connectivity index (χ0v) is 28.8. The molecule has 2 nitrogen and oxygen atoms in total. The molecule has 0 bridgehead atoms. The summed E-state index contributed by atoms with van der Waals surface area (Å²) < 4.78 is 0. The fraction of sp³-hybridized carbons (Fsp3) is 0.156. The van der Waals surface area contributed by atoms with Gasteiger partial charge in [0.05, 0.1) is 0 Å². The van der Waals surface area contributed by atoms with Crippen LogP contribution >= 0.6 is 7.92 Å². The van der Waals surface area contributed by atoms with Gasteiger partial charge in [0.25, 0.3) is 0 Å². The normalized spacial score (nSPS) is 14.7. The van der Waals surface area contributed by atoms with E-state index in [4.69, 9.17) is 0 Å². The van der Waals surface area contributed by atoms with E-state index in [0.29, 0.717) is 0 Å². The molecule has 1 unspecified atom stereocenters. The lowest BCUT2D eigenvalue weighted by atomic mass is 9.94. The molecule has 5 aromatic rings. The predicted molar refractivity (Wildman–Crippen MR) is 212 cm³/mol. The molecule has 0 saturated heterocycles. The Hall–Kier alpha value is -4.75. The molecule has 2 aliphatic rings. The van der Waals surface area contributed by atoms with Crippen molar-refractivity contribution in [1.82, 2.24) is 5.32 Å². The van der Waals surface area contributed by atoms with Crippen molar-refractivity contribution >= 4 is 52.9 Å². The zero-order valence-electron chi connectivity index (χ0n) is 27.9. The second kappa shape index (κ2) is 15.0. The van der Waals surface area contributed by atoms with E-state index < -0.39 is 7.92 Å². The lowest BCUT2D eigenvalue weighted by Crippen LogP contribution is -2.23. The minimum atomic E-state index is -0.717. The summed E-state index contributed by atoms with van der Waals surface area (Å²) in [6.07, 6.45) is 18.1. The molecule has 48 heavy (non-hydrogen) atoms. The Balaban J connectivity index is 1.11. The lowest BCUT2D eigenvalue weighted by molar-refractivity contribution is 0.922. The molecule has 3 heteroatoms. The maximum absolute atomic E-state index is 3.58. The van der Waals surface area contributed by atoms with Crippen LogP contribution in [0.1, 0.15) is 48.4 Å². The molecule has 0 aromatic heterocycles. The largest absolute Gasteiger partial charge is 0.356 e. The number of fused-ring (bicyclic) bond motifs is 1. The fourth-order valence-electron chi connectivity index (χ4n) is 6.58. The molecule has 0 heterocycles. The Bertz CT molecular complexity index is 1980. The molecule has 0 fully saturated rings. The predicted octanol–water partition coefficient (Wildman–Crippen LogP) is 10.2. The van der Waals surface area contributed by atoms with Crippen LogP contribution in [0.25, 0.3) is 28.9 Å². The standard InChI is InChI=1S/C45H43N2P/c1-33-12-16-35(17-13-33)36-18-24-40(25-19-36)47-41-26-20-37(21-27-41)38-22-30-43(31-23-38)48(42-28-14-34(15-29-42)7-6-32-46-2)45-11-5-9-39-8-3-4-10-44(39)45/h4-7,9-12,14-16,18-31,46-47H,3,8,13,17,32H2,1-2H3/b7-6+. The number of benzene rings is 5. The van der Waals surface area contributed by atoms with Crippen molar-refractivity contribution in [2.24, 2.45) is 0 Å². The first-order valence-corrected chi connectivity index (χ1v) is 18.4. The van der Waals surface area contributed by atoms with Gasteiger partial charge in [0.1, 0.15) is 0 Å². The van der Waals surface area contributed by atoms with Gasteiger partial charge < -0.3 is 10.6 Å². The molecule has 0 radical (unpaired) electrons. The van der Waals surface area contributed by atoms with E-state index in [2.05, 4.69) is 169 Å². The summed E-state index contributed by atoms with van der Waals surface area (Å²) in [7, 11) is 1.26. The van der Waals surface area contributed by atoms with Crippen LogP contribution in [0.4, 0.5) is 11.4 Å². The quantitative estimate of drug-likeness (QED) is 0.148. The number of hydrogen-bond donors (Lipinski definition) is 2. The Labute approximate surface area is 287 Å². The molecule has 1 atom stereocenters. The molecule has 0 saturated carbocycles. The van der Waals surface area contributed by atoms with Crippen molar-refractivity contribution in [1.29, 1.82) is 0 Å². The van der Waals surface area contributed by atoms with Gasteiger partial charge in [-0.1, -0.05) is 133 Å². The highest BCUT2D eigenvalue weighted by Crippen LogP contribution is 2.37. The molecule has 5 aromatic carbocycles. The lowest BCUT2D eigenvalue weighted by Gasteiger charge is -2.24.